The zero-order chi connectivity index (χ0) is 22.9. The number of halogens is 1. The number of hydrazine groups is 1. The Morgan fingerprint density at radius 3 is 2.66 bits per heavy atom. The first-order valence-corrected chi connectivity index (χ1v) is 11.6. The first-order chi connectivity index (χ1) is 15.3. The van der Waals surface area contributed by atoms with Crippen LogP contribution in [0.15, 0.2) is 48.7 Å². The minimum Gasteiger partial charge on any atom is -0.327 e. The zero-order valence-corrected chi connectivity index (χ0v) is 18.7. The van der Waals surface area contributed by atoms with Crippen LogP contribution in [0.25, 0.3) is 0 Å². The third kappa shape index (κ3) is 4.64. The fourth-order valence-electron chi connectivity index (χ4n) is 3.38. The van der Waals surface area contributed by atoms with E-state index in [1.807, 2.05) is 18.2 Å². The quantitative estimate of drug-likeness (QED) is 0.428. The molecule has 0 aliphatic carbocycles. The van der Waals surface area contributed by atoms with Gasteiger partial charge in [0, 0.05) is 18.4 Å². The summed E-state index contributed by atoms with van der Waals surface area (Å²) in [5.41, 5.74) is 10.4. The Labute approximate surface area is 186 Å². The summed E-state index contributed by atoms with van der Waals surface area (Å²) in [6.45, 7) is 2.05. The molecule has 0 radical (unpaired) electrons. The standard InChI is InChI=1S/C21H24FN7O2S/c1-13-17-9-8-16(10-19(17)28-27-13)29(3)20-18(22)11-24-21(26-20)25-15-6-4-14(5-7-15)12-32(30,31)23-2/h4-11,13,23,27-28H,12H2,1-3H3,(H,24,25,26). The SMILES string of the molecule is CNS(=O)(=O)Cc1ccc(Nc2ncc(F)c(N(C)c3ccc4c(c3)NNC4C)n2)cc1. The van der Waals surface area contributed by atoms with Crippen molar-refractivity contribution in [3.63, 3.8) is 0 Å². The largest absolute Gasteiger partial charge is 0.327 e. The average Bonchev–Trinajstić information content (AvgIpc) is 3.16. The van der Waals surface area contributed by atoms with Crippen LogP contribution in [0.1, 0.15) is 24.1 Å². The number of hydrogen-bond donors (Lipinski definition) is 4. The Hall–Kier alpha value is -3.28. The lowest BCUT2D eigenvalue weighted by molar-refractivity contribution is 0.587. The summed E-state index contributed by atoms with van der Waals surface area (Å²) in [6, 6.07) is 12.9. The second kappa shape index (κ2) is 8.69. The number of rotatable bonds is 7. The van der Waals surface area contributed by atoms with Crippen molar-refractivity contribution < 1.29 is 12.8 Å². The van der Waals surface area contributed by atoms with E-state index in [1.165, 1.54) is 7.05 Å². The van der Waals surface area contributed by atoms with E-state index in [4.69, 9.17) is 0 Å². The molecule has 0 saturated heterocycles. The van der Waals surface area contributed by atoms with Crippen molar-refractivity contribution in [1.29, 1.82) is 0 Å². The van der Waals surface area contributed by atoms with E-state index in [1.54, 1.807) is 36.2 Å². The van der Waals surface area contributed by atoms with Gasteiger partial charge >= 0.3 is 0 Å². The number of nitrogens with zero attached hydrogens (tertiary/aromatic N) is 3. The average molecular weight is 458 g/mol. The van der Waals surface area contributed by atoms with Crippen molar-refractivity contribution in [2.24, 2.45) is 0 Å². The predicted octanol–water partition coefficient (Wildman–Crippen LogP) is 3.17. The Kier molecular flexibility index (Phi) is 5.96. The van der Waals surface area contributed by atoms with Crippen LogP contribution in [0, 0.1) is 5.82 Å². The third-order valence-corrected chi connectivity index (χ3v) is 6.57. The minimum atomic E-state index is -3.35. The van der Waals surface area contributed by atoms with Gasteiger partial charge in [0.2, 0.25) is 16.0 Å². The highest BCUT2D eigenvalue weighted by molar-refractivity contribution is 7.88. The molecule has 3 aromatic rings. The van der Waals surface area contributed by atoms with E-state index in [2.05, 4.69) is 37.8 Å². The van der Waals surface area contributed by atoms with Gasteiger partial charge in [-0.25, -0.2) is 27.9 Å². The zero-order valence-electron chi connectivity index (χ0n) is 17.8. The van der Waals surface area contributed by atoms with Gasteiger partial charge in [0.25, 0.3) is 0 Å². The maximum atomic E-state index is 14.5. The molecule has 0 bridgehead atoms. The molecule has 32 heavy (non-hydrogen) atoms. The number of hydrogen-bond acceptors (Lipinski definition) is 8. The number of nitrogens with one attached hydrogen (secondary N) is 4. The smallest absolute Gasteiger partial charge is 0.229 e. The second-order valence-corrected chi connectivity index (χ2v) is 9.40. The molecular weight excluding hydrogens is 433 g/mol. The second-order valence-electron chi connectivity index (χ2n) is 7.47. The Bertz CT molecular complexity index is 1240. The van der Waals surface area contributed by atoms with E-state index in [-0.39, 0.29) is 23.6 Å². The summed E-state index contributed by atoms with van der Waals surface area (Å²) in [6.07, 6.45) is 1.12. The molecule has 0 saturated carbocycles. The van der Waals surface area contributed by atoms with E-state index in [0.29, 0.717) is 11.3 Å². The van der Waals surface area contributed by atoms with E-state index in [9.17, 15) is 12.8 Å². The molecule has 1 aliphatic rings. The maximum Gasteiger partial charge on any atom is 0.229 e. The van der Waals surface area contributed by atoms with Gasteiger partial charge in [-0.1, -0.05) is 18.2 Å². The predicted molar refractivity (Wildman–Crippen MR) is 123 cm³/mol. The molecule has 2 heterocycles. The van der Waals surface area contributed by atoms with Crippen LogP contribution in [-0.2, 0) is 15.8 Å². The lowest BCUT2D eigenvalue weighted by atomic mass is 10.1. The van der Waals surface area contributed by atoms with Crippen molar-refractivity contribution in [3.05, 3.63) is 65.6 Å². The topological polar surface area (TPSA) is 111 Å². The third-order valence-electron chi connectivity index (χ3n) is 5.24. The summed E-state index contributed by atoms with van der Waals surface area (Å²) in [5, 5.41) is 3.03. The summed E-state index contributed by atoms with van der Waals surface area (Å²) in [7, 11) is -0.235. The lowest BCUT2D eigenvalue weighted by Gasteiger charge is -2.20. The van der Waals surface area contributed by atoms with Gasteiger partial charge in [0.05, 0.1) is 23.7 Å². The molecule has 168 valence electrons. The Balaban J connectivity index is 1.53. The number of anilines is 5. The summed E-state index contributed by atoms with van der Waals surface area (Å²) in [5.74, 6) is -0.322. The molecular formula is C21H24FN7O2S. The maximum absolute atomic E-state index is 14.5. The number of fused-ring (bicyclic) bond motifs is 1. The monoisotopic (exact) mass is 457 g/mol. The normalized spacial score (nSPS) is 15.2. The van der Waals surface area contributed by atoms with Crippen molar-refractivity contribution in [2.75, 3.05) is 29.7 Å². The fraction of sp³-hybridized carbons (Fsp3) is 0.238. The van der Waals surface area contributed by atoms with Crippen LogP contribution in [0.4, 0.5) is 33.2 Å². The van der Waals surface area contributed by atoms with Crippen LogP contribution < -0.4 is 25.8 Å². The van der Waals surface area contributed by atoms with Crippen molar-refractivity contribution in [3.8, 4) is 0 Å². The van der Waals surface area contributed by atoms with Gasteiger partial charge in [0.15, 0.2) is 11.6 Å². The summed E-state index contributed by atoms with van der Waals surface area (Å²) in [4.78, 5) is 10.0. The number of sulfonamides is 1. The molecule has 4 N–H and O–H groups in total. The molecule has 1 aliphatic heterocycles. The molecule has 11 heteroatoms. The van der Waals surface area contributed by atoms with Crippen LogP contribution in [0.2, 0.25) is 0 Å². The first-order valence-electron chi connectivity index (χ1n) is 9.94. The van der Waals surface area contributed by atoms with Crippen molar-refractivity contribution >= 4 is 38.9 Å². The van der Waals surface area contributed by atoms with Crippen LogP contribution >= 0.6 is 0 Å². The van der Waals surface area contributed by atoms with Crippen molar-refractivity contribution in [1.82, 2.24) is 20.1 Å². The van der Waals surface area contributed by atoms with Gasteiger partial charge in [-0.15, -0.1) is 0 Å². The van der Waals surface area contributed by atoms with Crippen LogP contribution in [0.5, 0.6) is 0 Å². The molecule has 1 unspecified atom stereocenters. The van der Waals surface area contributed by atoms with Gasteiger partial charge in [-0.3, -0.25) is 0 Å². The highest BCUT2D eigenvalue weighted by atomic mass is 32.2. The van der Waals surface area contributed by atoms with E-state index >= 15 is 0 Å². The van der Waals surface area contributed by atoms with Crippen molar-refractivity contribution in [2.45, 2.75) is 18.7 Å². The van der Waals surface area contributed by atoms with Crippen LogP contribution in [0.3, 0.4) is 0 Å². The summed E-state index contributed by atoms with van der Waals surface area (Å²) < 4.78 is 40.2. The number of aromatic nitrogens is 2. The Morgan fingerprint density at radius 2 is 1.94 bits per heavy atom. The highest BCUT2D eigenvalue weighted by Gasteiger charge is 2.20. The number of benzene rings is 2. The molecule has 1 atom stereocenters. The molecule has 0 fully saturated rings. The Morgan fingerprint density at radius 1 is 1.19 bits per heavy atom. The molecule has 0 amide bonds. The van der Waals surface area contributed by atoms with Gasteiger partial charge < -0.3 is 15.6 Å². The summed E-state index contributed by atoms with van der Waals surface area (Å²) >= 11 is 0. The van der Waals surface area contributed by atoms with E-state index < -0.39 is 15.8 Å². The molecule has 2 aromatic carbocycles. The molecule has 4 rings (SSSR count). The van der Waals surface area contributed by atoms with Gasteiger partial charge in [-0.2, -0.15) is 4.98 Å². The van der Waals surface area contributed by atoms with Crippen LogP contribution in [-0.4, -0.2) is 32.5 Å². The first kappa shape index (κ1) is 21.9. The van der Waals surface area contributed by atoms with Gasteiger partial charge in [0.1, 0.15) is 0 Å². The fourth-order valence-corrected chi connectivity index (χ4v) is 4.16. The highest BCUT2D eigenvalue weighted by Crippen LogP contribution is 2.34. The van der Waals surface area contributed by atoms with E-state index in [0.717, 1.165) is 23.1 Å². The minimum absolute atomic E-state index is 0.115. The molecule has 0 spiro atoms. The lowest BCUT2D eigenvalue weighted by Crippen LogP contribution is -2.20. The molecule has 1 aromatic heterocycles. The molecule has 9 nitrogen and oxygen atoms in total. The van der Waals surface area contributed by atoms with Gasteiger partial charge in [-0.05, 0) is 49.4 Å².